The highest BCUT2D eigenvalue weighted by atomic mass is 19.4. The fourth-order valence-corrected chi connectivity index (χ4v) is 3.04. The summed E-state index contributed by atoms with van der Waals surface area (Å²) in [5, 5.41) is 9.22. The summed E-state index contributed by atoms with van der Waals surface area (Å²) >= 11 is 0. The maximum absolute atomic E-state index is 12.3. The number of rotatable bonds is 5. The van der Waals surface area contributed by atoms with Crippen LogP contribution in [0.1, 0.15) is 17.2 Å². The Hall–Kier alpha value is -2.05. The van der Waals surface area contributed by atoms with Crippen LogP contribution in [0.15, 0.2) is 54.6 Å². The third-order valence-corrected chi connectivity index (χ3v) is 4.15. The van der Waals surface area contributed by atoms with Gasteiger partial charge in [-0.3, -0.25) is 4.90 Å². The van der Waals surface area contributed by atoms with Crippen LogP contribution in [0.5, 0.6) is 5.75 Å². The molecule has 3 rings (SSSR count). The number of aliphatic hydroxyl groups excluding tert-OH is 1. The third kappa shape index (κ3) is 3.88. The molecule has 1 aliphatic heterocycles. The lowest BCUT2D eigenvalue weighted by atomic mass is 9.90. The van der Waals surface area contributed by atoms with Crippen molar-refractivity contribution in [3.8, 4) is 5.75 Å². The number of halogens is 3. The van der Waals surface area contributed by atoms with Crippen molar-refractivity contribution in [3.63, 3.8) is 0 Å². The molecule has 24 heavy (non-hydrogen) atoms. The summed E-state index contributed by atoms with van der Waals surface area (Å²) in [7, 11) is 0. The molecular weight excluding hydrogens is 319 g/mol. The summed E-state index contributed by atoms with van der Waals surface area (Å²) in [5.41, 5.74) is 1.96. The van der Waals surface area contributed by atoms with Crippen LogP contribution in [0.25, 0.3) is 0 Å². The van der Waals surface area contributed by atoms with Gasteiger partial charge in [0.2, 0.25) is 0 Å². The van der Waals surface area contributed by atoms with Crippen molar-refractivity contribution in [1.82, 2.24) is 4.90 Å². The first kappa shape index (κ1) is 16.8. The molecule has 0 aromatic heterocycles. The normalized spacial score (nSPS) is 17.3. The molecule has 1 heterocycles. The highest BCUT2D eigenvalue weighted by Crippen LogP contribution is 2.35. The molecule has 1 saturated heterocycles. The highest BCUT2D eigenvalue weighted by molar-refractivity contribution is 5.36. The van der Waals surface area contributed by atoms with Crippen molar-refractivity contribution in [2.75, 3.05) is 19.7 Å². The number of aliphatic hydroxyl groups is 1. The minimum Gasteiger partial charge on any atom is -0.406 e. The van der Waals surface area contributed by atoms with Gasteiger partial charge in [0.05, 0.1) is 6.04 Å². The fraction of sp³-hybridized carbons (Fsp3) is 0.333. The molecular formula is C18H18F3NO2. The maximum atomic E-state index is 12.3. The van der Waals surface area contributed by atoms with E-state index in [2.05, 4.69) is 9.64 Å². The van der Waals surface area contributed by atoms with Crippen molar-refractivity contribution in [1.29, 1.82) is 0 Å². The van der Waals surface area contributed by atoms with Crippen molar-refractivity contribution < 1.29 is 23.0 Å². The molecule has 0 bridgehead atoms. The summed E-state index contributed by atoms with van der Waals surface area (Å²) in [6.07, 6.45) is -4.69. The summed E-state index contributed by atoms with van der Waals surface area (Å²) in [4.78, 5) is 2.20. The summed E-state index contributed by atoms with van der Waals surface area (Å²) in [6.45, 7) is 1.67. The summed E-state index contributed by atoms with van der Waals surface area (Å²) in [6, 6.07) is 15.7. The molecule has 1 unspecified atom stereocenters. The van der Waals surface area contributed by atoms with E-state index in [4.69, 9.17) is 0 Å². The van der Waals surface area contributed by atoms with Gasteiger partial charge >= 0.3 is 6.36 Å². The van der Waals surface area contributed by atoms with E-state index in [0.717, 1.165) is 24.2 Å². The molecule has 0 radical (unpaired) electrons. The van der Waals surface area contributed by atoms with Crippen LogP contribution < -0.4 is 4.74 Å². The Morgan fingerprint density at radius 3 is 2.12 bits per heavy atom. The molecule has 0 aliphatic carbocycles. The molecule has 6 heteroatoms. The Bertz CT molecular complexity index is 652. The Labute approximate surface area is 138 Å². The van der Waals surface area contributed by atoms with Gasteiger partial charge in [0, 0.05) is 25.6 Å². The van der Waals surface area contributed by atoms with Crippen molar-refractivity contribution in [2.24, 2.45) is 5.92 Å². The smallest absolute Gasteiger partial charge is 0.406 e. The number of likely N-dealkylation sites (tertiary alicyclic amines) is 1. The number of nitrogens with zero attached hydrogens (tertiary/aromatic N) is 1. The lowest BCUT2D eigenvalue weighted by Gasteiger charge is -2.44. The van der Waals surface area contributed by atoms with E-state index in [1.807, 2.05) is 30.3 Å². The second kappa shape index (κ2) is 6.83. The van der Waals surface area contributed by atoms with E-state index in [1.165, 1.54) is 12.1 Å². The molecule has 1 aliphatic rings. The van der Waals surface area contributed by atoms with Crippen LogP contribution in [-0.4, -0.2) is 36.1 Å². The van der Waals surface area contributed by atoms with Gasteiger partial charge in [0.15, 0.2) is 0 Å². The third-order valence-electron chi connectivity index (χ3n) is 4.15. The largest absolute Gasteiger partial charge is 0.573 e. The minimum atomic E-state index is -4.69. The Morgan fingerprint density at radius 2 is 1.58 bits per heavy atom. The molecule has 0 amide bonds. The minimum absolute atomic E-state index is 0.0473. The molecule has 128 valence electrons. The van der Waals surface area contributed by atoms with Crippen LogP contribution in [0.3, 0.4) is 0 Å². The van der Waals surface area contributed by atoms with Gasteiger partial charge in [0.1, 0.15) is 5.75 Å². The number of ether oxygens (including phenoxy) is 1. The zero-order valence-electron chi connectivity index (χ0n) is 12.9. The molecule has 0 saturated carbocycles. The van der Waals surface area contributed by atoms with Gasteiger partial charge in [0.25, 0.3) is 0 Å². The van der Waals surface area contributed by atoms with Gasteiger partial charge in [-0.1, -0.05) is 42.5 Å². The molecule has 2 aromatic rings. The van der Waals surface area contributed by atoms with Crippen molar-refractivity contribution >= 4 is 0 Å². The molecule has 1 fully saturated rings. The van der Waals surface area contributed by atoms with Crippen LogP contribution in [-0.2, 0) is 0 Å². The molecule has 2 aromatic carbocycles. The number of hydrogen-bond acceptors (Lipinski definition) is 3. The number of benzene rings is 2. The lowest BCUT2D eigenvalue weighted by Crippen LogP contribution is -2.50. The van der Waals surface area contributed by atoms with Gasteiger partial charge in [-0.25, -0.2) is 0 Å². The lowest BCUT2D eigenvalue weighted by molar-refractivity contribution is -0.274. The predicted octanol–water partition coefficient (Wildman–Crippen LogP) is 3.60. The topological polar surface area (TPSA) is 32.7 Å². The van der Waals surface area contributed by atoms with Crippen LogP contribution in [0, 0.1) is 5.92 Å². The Morgan fingerprint density at radius 1 is 1.00 bits per heavy atom. The SMILES string of the molecule is OCC1CN(C(c2ccccc2)c2ccc(OC(F)(F)F)cc2)C1. The predicted molar refractivity (Wildman–Crippen MR) is 83.6 cm³/mol. The van der Waals surface area contributed by atoms with E-state index in [-0.39, 0.29) is 24.3 Å². The quantitative estimate of drug-likeness (QED) is 0.905. The summed E-state index contributed by atoms with van der Waals surface area (Å²) in [5.74, 6) is 0.0268. The van der Waals surface area contributed by atoms with E-state index >= 15 is 0 Å². The van der Waals surface area contributed by atoms with Gasteiger partial charge in [-0.15, -0.1) is 13.2 Å². The van der Waals surface area contributed by atoms with Gasteiger partial charge in [-0.2, -0.15) is 0 Å². The number of alkyl halides is 3. The fourth-order valence-electron chi connectivity index (χ4n) is 3.04. The van der Waals surface area contributed by atoms with Crippen LogP contribution in [0.2, 0.25) is 0 Å². The van der Waals surface area contributed by atoms with Crippen LogP contribution >= 0.6 is 0 Å². The second-order valence-electron chi connectivity index (χ2n) is 5.93. The van der Waals surface area contributed by atoms with Crippen molar-refractivity contribution in [3.05, 3.63) is 65.7 Å². The molecule has 1 N–H and O–H groups in total. The van der Waals surface area contributed by atoms with E-state index in [0.29, 0.717) is 0 Å². The van der Waals surface area contributed by atoms with E-state index < -0.39 is 6.36 Å². The average Bonchev–Trinajstić information content (AvgIpc) is 2.51. The highest BCUT2D eigenvalue weighted by Gasteiger charge is 2.34. The molecule has 0 spiro atoms. The first-order valence-electron chi connectivity index (χ1n) is 7.72. The Kier molecular flexibility index (Phi) is 4.78. The van der Waals surface area contributed by atoms with E-state index in [1.54, 1.807) is 12.1 Å². The Balaban J connectivity index is 1.83. The zero-order chi connectivity index (χ0) is 17.2. The number of hydrogen-bond donors (Lipinski definition) is 1. The monoisotopic (exact) mass is 337 g/mol. The standard InChI is InChI=1S/C18H18F3NO2/c19-18(20,21)24-16-8-6-15(7-9-16)17(14-4-2-1-3-5-14)22-10-13(11-22)12-23/h1-9,13,17,23H,10-12H2. The molecule has 1 atom stereocenters. The van der Waals surface area contributed by atoms with Crippen LogP contribution in [0.4, 0.5) is 13.2 Å². The zero-order valence-corrected chi connectivity index (χ0v) is 12.9. The summed E-state index contributed by atoms with van der Waals surface area (Å²) < 4.78 is 40.8. The second-order valence-corrected chi connectivity index (χ2v) is 5.93. The average molecular weight is 337 g/mol. The van der Waals surface area contributed by atoms with Gasteiger partial charge < -0.3 is 9.84 Å². The first-order chi connectivity index (χ1) is 11.5. The van der Waals surface area contributed by atoms with Crippen molar-refractivity contribution in [2.45, 2.75) is 12.4 Å². The first-order valence-corrected chi connectivity index (χ1v) is 7.72. The van der Waals surface area contributed by atoms with E-state index in [9.17, 15) is 18.3 Å². The maximum Gasteiger partial charge on any atom is 0.573 e. The molecule has 3 nitrogen and oxygen atoms in total. The van der Waals surface area contributed by atoms with Gasteiger partial charge in [-0.05, 0) is 23.3 Å².